The maximum Gasteiger partial charge on any atom is 0.155 e. The molecule has 0 atom stereocenters. The largest absolute Gasteiger partial charge is 0.291 e. The molecule has 4 heteroatoms. The van der Waals surface area contributed by atoms with Crippen LogP contribution >= 0.6 is 12.2 Å². The van der Waals surface area contributed by atoms with Gasteiger partial charge in [0.25, 0.3) is 0 Å². The predicted octanol–water partition coefficient (Wildman–Crippen LogP) is 3.55. The lowest BCUT2D eigenvalue weighted by Crippen LogP contribution is -1.98. The molecule has 0 aliphatic heterocycles. The second-order valence-corrected chi connectivity index (χ2v) is 5.31. The molecule has 19 heavy (non-hydrogen) atoms. The first-order chi connectivity index (χ1) is 9.33. The molecular formula is C15H13N3S. The van der Waals surface area contributed by atoms with Crippen molar-refractivity contribution in [2.75, 3.05) is 0 Å². The molecule has 0 fully saturated rings. The third kappa shape index (κ3) is 1.64. The third-order valence-electron chi connectivity index (χ3n) is 3.72. The predicted molar refractivity (Wildman–Crippen MR) is 77.8 cm³/mol. The Labute approximate surface area is 115 Å². The molecule has 2 aromatic heterocycles. The normalized spacial score (nSPS) is 13.9. The smallest absolute Gasteiger partial charge is 0.155 e. The maximum atomic E-state index is 5.58. The quantitative estimate of drug-likeness (QED) is 0.684. The number of H-pyrrole nitrogens is 1. The van der Waals surface area contributed by atoms with Crippen LogP contribution in [-0.2, 0) is 12.8 Å². The van der Waals surface area contributed by atoms with E-state index in [1.807, 2.05) is 22.7 Å². The summed E-state index contributed by atoms with van der Waals surface area (Å²) < 4.78 is 2.82. The van der Waals surface area contributed by atoms with Gasteiger partial charge < -0.3 is 0 Å². The highest BCUT2D eigenvalue weighted by Gasteiger charge is 2.17. The number of nitrogens with zero attached hydrogens (tertiary/aromatic N) is 2. The average molecular weight is 267 g/mol. The summed E-state index contributed by atoms with van der Waals surface area (Å²) in [6, 6.07) is 12.3. The Morgan fingerprint density at radius 2 is 2.00 bits per heavy atom. The molecule has 0 spiro atoms. The van der Waals surface area contributed by atoms with Crippen LogP contribution in [0.15, 0.2) is 36.4 Å². The Balaban J connectivity index is 1.99. The van der Waals surface area contributed by atoms with Crippen molar-refractivity contribution in [2.24, 2.45) is 0 Å². The van der Waals surface area contributed by atoms with E-state index in [2.05, 4.69) is 23.3 Å². The number of rotatable bonds is 1. The molecule has 2 heterocycles. The van der Waals surface area contributed by atoms with Gasteiger partial charge in [-0.3, -0.25) is 5.10 Å². The highest BCUT2D eigenvalue weighted by Crippen LogP contribution is 2.25. The minimum absolute atomic E-state index is 0.889. The molecule has 0 amide bonds. The van der Waals surface area contributed by atoms with Gasteiger partial charge in [0.15, 0.2) is 5.65 Å². The molecular weight excluding hydrogens is 254 g/mol. The zero-order chi connectivity index (χ0) is 12.8. The lowest BCUT2D eigenvalue weighted by atomic mass is 10.2. The molecule has 3 nitrogen and oxygen atoms in total. The lowest BCUT2D eigenvalue weighted by molar-refractivity contribution is 0.896. The van der Waals surface area contributed by atoms with Crippen molar-refractivity contribution >= 4 is 17.9 Å². The van der Waals surface area contributed by atoms with Crippen LogP contribution in [0.1, 0.15) is 17.7 Å². The summed E-state index contributed by atoms with van der Waals surface area (Å²) in [6.07, 6.45) is 3.29. The van der Waals surface area contributed by atoms with E-state index in [1.165, 1.54) is 17.7 Å². The van der Waals surface area contributed by atoms with Gasteiger partial charge in [0.05, 0.1) is 5.69 Å². The maximum absolute atomic E-state index is 5.58. The number of hydrogen-bond donors (Lipinski definition) is 1. The van der Waals surface area contributed by atoms with E-state index in [-0.39, 0.29) is 0 Å². The second kappa shape index (κ2) is 4.03. The molecule has 0 unspecified atom stereocenters. The van der Waals surface area contributed by atoms with E-state index >= 15 is 0 Å². The van der Waals surface area contributed by atoms with Crippen molar-refractivity contribution in [1.29, 1.82) is 0 Å². The summed E-state index contributed by atoms with van der Waals surface area (Å²) in [7, 11) is 0. The molecule has 1 aliphatic carbocycles. The fourth-order valence-corrected chi connectivity index (χ4v) is 3.12. The Hall–Kier alpha value is -1.94. The molecule has 1 aliphatic rings. The third-order valence-corrected chi connectivity index (χ3v) is 4.15. The van der Waals surface area contributed by atoms with Crippen LogP contribution in [0, 0.1) is 4.64 Å². The lowest BCUT2D eigenvalue weighted by Gasteiger charge is -2.00. The standard InChI is InChI=1S/C15H13N3S/c19-15-11-7-4-8-12(11)16-14-9-13(17-18(14)15)10-5-2-1-3-6-10/h1-3,5-6,9,17H,4,7-8H2. The number of aromatic amines is 1. The van der Waals surface area contributed by atoms with Gasteiger partial charge in [-0.05, 0) is 24.8 Å². The van der Waals surface area contributed by atoms with E-state index in [0.717, 1.165) is 34.4 Å². The Morgan fingerprint density at radius 3 is 2.84 bits per heavy atom. The molecule has 1 N–H and O–H groups in total. The van der Waals surface area contributed by atoms with E-state index in [4.69, 9.17) is 17.2 Å². The van der Waals surface area contributed by atoms with Crippen LogP contribution in [0.4, 0.5) is 0 Å². The number of aryl methyl sites for hydroxylation is 1. The first-order valence-corrected chi connectivity index (χ1v) is 6.93. The van der Waals surface area contributed by atoms with Gasteiger partial charge in [-0.2, -0.15) is 0 Å². The Bertz CT molecular complexity index is 815. The van der Waals surface area contributed by atoms with Crippen molar-refractivity contribution in [1.82, 2.24) is 14.6 Å². The van der Waals surface area contributed by atoms with E-state index in [9.17, 15) is 0 Å². The summed E-state index contributed by atoms with van der Waals surface area (Å²) in [5.41, 5.74) is 5.56. The van der Waals surface area contributed by atoms with Crippen molar-refractivity contribution in [2.45, 2.75) is 19.3 Å². The van der Waals surface area contributed by atoms with Crippen LogP contribution in [0.2, 0.25) is 0 Å². The SMILES string of the molecule is S=c1c2c(nc3cc(-c4ccccc4)[nH]n13)CCC2. The van der Waals surface area contributed by atoms with Crippen LogP contribution in [0.3, 0.4) is 0 Å². The Kier molecular flexibility index (Phi) is 2.32. The Morgan fingerprint density at radius 1 is 1.16 bits per heavy atom. The first-order valence-electron chi connectivity index (χ1n) is 6.52. The second-order valence-electron chi connectivity index (χ2n) is 4.93. The molecule has 94 valence electrons. The van der Waals surface area contributed by atoms with E-state index in [1.54, 1.807) is 0 Å². The fourth-order valence-electron chi connectivity index (χ4n) is 2.76. The molecule has 0 radical (unpaired) electrons. The number of fused-ring (bicyclic) bond motifs is 2. The number of hydrogen-bond acceptors (Lipinski definition) is 2. The van der Waals surface area contributed by atoms with Gasteiger partial charge in [0, 0.05) is 17.3 Å². The van der Waals surface area contributed by atoms with Gasteiger partial charge in [-0.15, -0.1) is 0 Å². The van der Waals surface area contributed by atoms with Crippen LogP contribution < -0.4 is 0 Å². The highest BCUT2D eigenvalue weighted by molar-refractivity contribution is 7.71. The van der Waals surface area contributed by atoms with Gasteiger partial charge in [0.2, 0.25) is 0 Å². The summed E-state index contributed by atoms with van der Waals surface area (Å²) in [5, 5.41) is 3.36. The van der Waals surface area contributed by atoms with Gasteiger partial charge >= 0.3 is 0 Å². The van der Waals surface area contributed by atoms with Crippen molar-refractivity contribution in [3.63, 3.8) is 0 Å². The van der Waals surface area contributed by atoms with Crippen LogP contribution in [-0.4, -0.2) is 14.6 Å². The minimum atomic E-state index is 0.889. The van der Waals surface area contributed by atoms with Crippen LogP contribution in [0.25, 0.3) is 16.9 Å². The van der Waals surface area contributed by atoms with Gasteiger partial charge in [0.1, 0.15) is 4.64 Å². The molecule has 1 aromatic carbocycles. The molecule has 4 rings (SSSR count). The van der Waals surface area contributed by atoms with Gasteiger partial charge in [-0.1, -0.05) is 42.5 Å². The topological polar surface area (TPSA) is 33.1 Å². The van der Waals surface area contributed by atoms with Crippen molar-refractivity contribution in [3.8, 4) is 11.3 Å². The summed E-state index contributed by atoms with van der Waals surface area (Å²) in [6.45, 7) is 0. The first kappa shape index (κ1) is 10.9. The monoisotopic (exact) mass is 267 g/mol. The van der Waals surface area contributed by atoms with E-state index in [0.29, 0.717) is 0 Å². The summed E-state index contributed by atoms with van der Waals surface area (Å²) >= 11 is 5.58. The fraction of sp³-hybridized carbons (Fsp3) is 0.200. The van der Waals surface area contributed by atoms with E-state index < -0.39 is 0 Å². The zero-order valence-corrected chi connectivity index (χ0v) is 11.2. The summed E-state index contributed by atoms with van der Waals surface area (Å²) in [4.78, 5) is 4.73. The van der Waals surface area contributed by atoms with Crippen LogP contribution in [0.5, 0.6) is 0 Å². The van der Waals surface area contributed by atoms with Crippen molar-refractivity contribution in [3.05, 3.63) is 52.3 Å². The van der Waals surface area contributed by atoms with Crippen molar-refractivity contribution < 1.29 is 0 Å². The molecule has 0 saturated heterocycles. The number of benzene rings is 1. The summed E-state index contributed by atoms with van der Waals surface area (Å²) in [5.74, 6) is 0. The highest BCUT2D eigenvalue weighted by atomic mass is 32.1. The molecule has 0 saturated carbocycles. The molecule has 0 bridgehead atoms. The van der Waals surface area contributed by atoms with Gasteiger partial charge in [-0.25, -0.2) is 9.50 Å². The average Bonchev–Trinajstić information content (AvgIpc) is 3.06. The zero-order valence-electron chi connectivity index (χ0n) is 10.4. The molecule has 3 aromatic rings. The minimum Gasteiger partial charge on any atom is -0.291 e. The number of aromatic nitrogens is 3. The number of nitrogens with one attached hydrogen (secondary N) is 1.